The highest BCUT2D eigenvalue weighted by molar-refractivity contribution is 7.14. The summed E-state index contributed by atoms with van der Waals surface area (Å²) in [4.78, 5) is 33.4. The molecule has 162 valence electrons. The summed E-state index contributed by atoms with van der Waals surface area (Å²) in [6.45, 7) is 2.12. The number of benzene rings is 1. The standard InChI is InChI=1S/C22H23FN4O3S/c23-16-5-7-17(8-6-16)24-22-25-19(15-31-22)21(29)27(14-18-4-3-13-30-18)12-9-20(28)26-10-1-2-11-26/h3-8,13,15H,1-2,9-12,14H2,(H,24,25). The second kappa shape index (κ2) is 9.74. The number of nitrogens with zero attached hydrogens (tertiary/aromatic N) is 3. The van der Waals surface area contributed by atoms with Gasteiger partial charge in [-0.05, 0) is 49.2 Å². The van der Waals surface area contributed by atoms with Crippen molar-refractivity contribution in [3.05, 3.63) is 65.3 Å². The fourth-order valence-electron chi connectivity index (χ4n) is 3.45. The number of nitrogens with one attached hydrogen (secondary N) is 1. The fourth-order valence-corrected chi connectivity index (χ4v) is 4.15. The minimum Gasteiger partial charge on any atom is -0.467 e. The van der Waals surface area contributed by atoms with Gasteiger partial charge in [-0.2, -0.15) is 0 Å². The number of anilines is 2. The van der Waals surface area contributed by atoms with Crippen LogP contribution in [0.25, 0.3) is 0 Å². The molecule has 0 spiro atoms. The summed E-state index contributed by atoms with van der Waals surface area (Å²) >= 11 is 1.29. The molecule has 2 amide bonds. The predicted octanol–water partition coefficient (Wildman–Crippen LogP) is 4.27. The van der Waals surface area contributed by atoms with Crippen LogP contribution in [0.15, 0.2) is 52.5 Å². The number of hydrogen-bond donors (Lipinski definition) is 1. The Labute approximate surface area is 183 Å². The molecule has 2 aromatic heterocycles. The van der Waals surface area contributed by atoms with E-state index in [0.29, 0.717) is 16.6 Å². The Kier molecular flexibility index (Phi) is 6.61. The lowest BCUT2D eigenvalue weighted by Crippen LogP contribution is -2.36. The molecule has 4 rings (SSSR count). The Morgan fingerprint density at radius 3 is 2.68 bits per heavy atom. The highest BCUT2D eigenvalue weighted by Crippen LogP contribution is 2.23. The normalized spacial score (nSPS) is 13.4. The maximum absolute atomic E-state index is 13.1. The molecule has 1 aliphatic rings. The zero-order chi connectivity index (χ0) is 21.6. The molecule has 0 atom stereocenters. The van der Waals surface area contributed by atoms with Gasteiger partial charge >= 0.3 is 0 Å². The van der Waals surface area contributed by atoms with Crippen LogP contribution >= 0.6 is 11.3 Å². The molecule has 0 unspecified atom stereocenters. The average Bonchev–Trinajstić information content (AvgIpc) is 3.55. The van der Waals surface area contributed by atoms with Crippen LogP contribution in [0.3, 0.4) is 0 Å². The van der Waals surface area contributed by atoms with E-state index in [1.54, 1.807) is 40.8 Å². The van der Waals surface area contributed by atoms with Gasteiger partial charge in [0.2, 0.25) is 5.91 Å². The fraction of sp³-hybridized carbons (Fsp3) is 0.318. The van der Waals surface area contributed by atoms with Crippen molar-refractivity contribution in [2.24, 2.45) is 0 Å². The first-order chi connectivity index (χ1) is 15.1. The first-order valence-corrected chi connectivity index (χ1v) is 11.0. The molecule has 0 bridgehead atoms. The molecule has 0 saturated carbocycles. The van der Waals surface area contributed by atoms with Crippen LogP contribution in [0.5, 0.6) is 0 Å². The average molecular weight is 443 g/mol. The monoisotopic (exact) mass is 442 g/mol. The van der Waals surface area contributed by atoms with E-state index in [1.165, 1.54) is 23.5 Å². The second-order valence-electron chi connectivity index (χ2n) is 7.31. The molecule has 3 aromatic rings. The smallest absolute Gasteiger partial charge is 0.273 e. The summed E-state index contributed by atoms with van der Waals surface area (Å²) in [6, 6.07) is 9.47. The van der Waals surface area contributed by atoms with E-state index >= 15 is 0 Å². The molecule has 0 radical (unpaired) electrons. The summed E-state index contributed by atoms with van der Waals surface area (Å²) in [5.74, 6) is 0.111. The van der Waals surface area contributed by atoms with Crippen molar-refractivity contribution in [2.75, 3.05) is 25.0 Å². The van der Waals surface area contributed by atoms with Crippen molar-refractivity contribution >= 4 is 34.0 Å². The van der Waals surface area contributed by atoms with Crippen LogP contribution in [-0.4, -0.2) is 46.2 Å². The molecule has 31 heavy (non-hydrogen) atoms. The predicted molar refractivity (Wildman–Crippen MR) is 116 cm³/mol. The van der Waals surface area contributed by atoms with Gasteiger partial charge in [0, 0.05) is 37.1 Å². The summed E-state index contributed by atoms with van der Waals surface area (Å²) in [6.07, 6.45) is 3.88. The number of aromatic nitrogens is 1. The Hall–Kier alpha value is -3.20. The number of likely N-dealkylation sites (tertiary alicyclic amines) is 1. The van der Waals surface area contributed by atoms with E-state index in [0.717, 1.165) is 25.9 Å². The van der Waals surface area contributed by atoms with Crippen molar-refractivity contribution in [3.63, 3.8) is 0 Å². The molecule has 1 saturated heterocycles. The summed E-state index contributed by atoms with van der Waals surface area (Å²) in [7, 11) is 0. The third-order valence-electron chi connectivity index (χ3n) is 5.09. The maximum atomic E-state index is 13.1. The van der Waals surface area contributed by atoms with Crippen LogP contribution in [-0.2, 0) is 11.3 Å². The van der Waals surface area contributed by atoms with Crippen LogP contribution in [0.4, 0.5) is 15.2 Å². The van der Waals surface area contributed by atoms with E-state index in [4.69, 9.17) is 4.42 Å². The number of amides is 2. The lowest BCUT2D eigenvalue weighted by atomic mass is 10.3. The van der Waals surface area contributed by atoms with Gasteiger partial charge in [0.15, 0.2) is 5.13 Å². The van der Waals surface area contributed by atoms with E-state index in [1.807, 2.05) is 4.90 Å². The van der Waals surface area contributed by atoms with E-state index in [-0.39, 0.29) is 42.8 Å². The van der Waals surface area contributed by atoms with Gasteiger partial charge < -0.3 is 19.5 Å². The molecule has 1 fully saturated rings. The minimum atomic E-state index is -0.322. The Morgan fingerprint density at radius 1 is 1.19 bits per heavy atom. The lowest BCUT2D eigenvalue weighted by Gasteiger charge is -2.22. The zero-order valence-electron chi connectivity index (χ0n) is 16.9. The molecule has 1 aromatic carbocycles. The van der Waals surface area contributed by atoms with Crippen LogP contribution in [0.2, 0.25) is 0 Å². The highest BCUT2D eigenvalue weighted by Gasteiger charge is 2.23. The number of rotatable bonds is 8. The Balaban J connectivity index is 1.43. The second-order valence-corrected chi connectivity index (χ2v) is 8.17. The summed E-state index contributed by atoms with van der Waals surface area (Å²) < 4.78 is 18.5. The van der Waals surface area contributed by atoms with E-state index in [2.05, 4.69) is 10.3 Å². The number of carbonyl (C=O) groups is 2. The quantitative estimate of drug-likeness (QED) is 0.564. The van der Waals surface area contributed by atoms with Gasteiger partial charge in [0.05, 0.1) is 12.8 Å². The molecule has 9 heteroatoms. The van der Waals surface area contributed by atoms with Crippen molar-refractivity contribution in [1.29, 1.82) is 0 Å². The molecular weight excluding hydrogens is 419 g/mol. The van der Waals surface area contributed by atoms with Crippen LogP contribution in [0.1, 0.15) is 35.5 Å². The van der Waals surface area contributed by atoms with Gasteiger partial charge in [-0.3, -0.25) is 9.59 Å². The molecule has 1 aliphatic heterocycles. The number of halogens is 1. The maximum Gasteiger partial charge on any atom is 0.273 e. The SMILES string of the molecule is O=C(CCN(Cc1ccco1)C(=O)c1csc(Nc2ccc(F)cc2)n1)N1CCCC1. The van der Waals surface area contributed by atoms with Crippen molar-refractivity contribution in [1.82, 2.24) is 14.8 Å². The number of carbonyl (C=O) groups excluding carboxylic acids is 2. The number of hydrogen-bond acceptors (Lipinski definition) is 6. The van der Waals surface area contributed by atoms with Gasteiger partial charge in [0.1, 0.15) is 17.3 Å². The third-order valence-corrected chi connectivity index (χ3v) is 5.84. The lowest BCUT2D eigenvalue weighted by molar-refractivity contribution is -0.130. The zero-order valence-corrected chi connectivity index (χ0v) is 17.7. The summed E-state index contributed by atoms with van der Waals surface area (Å²) in [5, 5.41) is 5.27. The molecule has 1 N–H and O–H groups in total. The number of thiazole rings is 1. The molecular formula is C22H23FN4O3S. The first kappa shape index (κ1) is 21.0. The van der Waals surface area contributed by atoms with Crippen molar-refractivity contribution in [3.8, 4) is 0 Å². The van der Waals surface area contributed by atoms with Gasteiger partial charge in [-0.1, -0.05) is 0 Å². The van der Waals surface area contributed by atoms with Gasteiger partial charge in [-0.25, -0.2) is 9.37 Å². The largest absolute Gasteiger partial charge is 0.467 e. The first-order valence-electron chi connectivity index (χ1n) is 10.2. The van der Waals surface area contributed by atoms with E-state index in [9.17, 15) is 14.0 Å². The van der Waals surface area contributed by atoms with Crippen LogP contribution in [0, 0.1) is 5.82 Å². The van der Waals surface area contributed by atoms with Gasteiger partial charge in [-0.15, -0.1) is 11.3 Å². The van der Waals surface area contributed by atoms with Gasteiger partial charge in [0.25, 0.3) is 5.91 Å². The highest BCUT2D eigenvalue weighted by atomic mass is 32.1. The van der Waals surface area contributed by atoms with E-state index < -0.39 is 0 Å². The topological polar surface area (TPSA) is 78.7 Å². The molecule has 3 heterocycles. The number of furan rings is 1. The summed E-state index contributed by atoms with van der Waals surface area (Å²) in [5.41, 5.74) is 0.966. The van der Waals surface area contributed by atoms with Crippen molar-refractivity contribution in [2.45, 2.75) is 25.8 Å². The Bertz CT molecular complexity index is 1010. The minimum absolute atomic E-state index is 0.0617. The molecule has 0 aliphatic carbocycles. The third kappa shape index (κ3) is 5.49. The molecule has 7 nitrogen and oxygen atoms in total. The Morgan fingerprint density at radius 2 is 1.97 bits per heavy atom. The van der Waals surface area contributed by atoms with Crippen molar-refractivity contribution < 1.29 is 18.4 Å². The van der Waals surface area contributed by atoms with Crippen LogP contribution < -0.4 is 5.32 Å².